The van der Waals surface area contributed by atoms with Gasteiger partial charge in [-0.1, -0.05) is 19.9 Å². The van der Waals surface area contributed by atoms with Crippen LogP contribution < -0.4 is 5.32 Å². The van der Waals surface area contributed by atoms with Gasteiger partial charge in [-0.15, -0.1) is 0 Å². The summed E-state index contributed by atoms with van der Waals surface area (Å²) in [5.41, 5.74) is 2.51. The number of nitrogens with zero attached hydrogens (tertiary/aromatic N) is 4. The molecule has 0 aliphatic carbocycles. The molecule has 1 amide bonds. The molecule has 3 rings (SSSR count). The highest BCUT2D eigenvalue weighted by atomic mass is 16.2. The minimum atomic E-state index is -0.276. The van der Waals surface area contributed by atoms with E-state index in [1.165, 1.54) is 0 Å². The molecule has 1 atom stereocenters. The maximum Gasteiger partial charge on any atom is 0.237 e. The lowest BCUT2D eigenvalue weighted by atomic mass is 9.88. The van der Waals surface area contributed by atoms with Crippen LogP contribution in [-0.4, -0.2) is 51.4 Å². The van der Waals surface area contributed by atoms with Gasteiger partial charge in [0, 0.05) is 30.4 Å². The molecule has 3 heterocycles. The Morgan fingerprint density at radius 2 is 2.30 bits per heavy atom. The summed E-state index contributed by atoms with van der Waals surface area (Å²) < 4.78 is 0. The number of nitrogens with one attached hydrogen (secondary N) is 2. The van der Waals surface area contributed by atoms with Crippen LogP contribution in [0.15, 0.2) is 24.4 Å². The monoisotopic (exact) mass is 366 g/mol. The van der Waals surface area contributed by atoms with Crippen LogP contribution in [0.4, 0.5) is 0 Å². The zero-order valence-electron chi connectivity index (χ0n) is 16.1. The normalized spacial score (nSPS) is 17.1. The van der Waals surface area contributed by atoms with Gasteiger partial charge in [0.25, 0.3) is 0 Å². The number of likely N-dealkylation sites (tertiary alicyclic amines) is 1. The van der Waals surface area contributed by atoms with Gasteiger partial charge < -0.3 is 15.2 Å². The summed E-state index contributed by atoms with van der Waals surface area (Å²) in [7, 11) is 0. The molecule has 7 heteroatoms. The molecule has 0 bridgehead atoms. The van der Waals surface area contributed by atoms with E-state index in [0.717, 1.165) is 35.7 Å². The molecule has 2 aromatic rings. The summed E-state index contributed by atoms with van der Waals surface area (Å²) in [4.78, 5) is 26.5. The van der Waals surface area contributed by atoms with Crippen molar-refractivity contribution in [1.29, 1.82) is 5.26 Å². The van der Waals surface area contributed by atoms with Crippen LogP contribution in [0, 0.1) is 18.3 Å². The van der Waals surface area contributed by atoms with Gasteiger partial charge in [-0.05, 0) is 31.9 Å². The summed E-state index contributed by atoms with van der Waals surface area (Å²) in [5.74, 6) is 0.740. The highest BCUT2D eigenvalue weighted by molar-refractivity contribution is 5.79. The van der Waals surface area contributed by atoms with Crippen LogP contribution in [0.2, 0.25) is 0 Å². The molecule has 0 spiro atoms. The van der Waals surface area contributed by atoms with Gasteiger partial charge in [-0.25, -0.2) is 4.98 Å². The Morgan fingerprint density at radius 1 is 1.48 bits per heavy atom. The van der Waals surface area contributed by atoms with E-state index >= 15 is 0 Å². The number of aryl methyl sites for hydroxylation is 1. The number of amides is 1. The van der Waals surface area contributed by atoms with Crippen LogP contribution in [0.3, 0.4) is 0 Å². The van der Waals surface area contributed by atoms with Gasteiger partial charge in [-0.3, -0.25) is 9.78 Å². The van der Waals surface area contributed by atoms with Crippen LogP contribution in [0.25, 0.3) is 11.5 Å². The maximum atomic E-state index is 12.4. The predicted molar refractivity (Wildman–Crippen MR) is 103 cm³/mol. The lowest BCUT2D eigenvalue weighted by Crippen LogP contribution is -2.43. The maximum absolute atomic E-state index is 12.4. The summed E-state index contributed by atoms with van der Waals surface area (Å²) in [6.07, 6.45) is 3.42. The molecule has 2 N–H and O–H groups in total. The van der Waals surface area contributed by atoms with E-state index < -0.39 is 0 Å². The Bertz CT molecular complexity index is 836. The predicted octanol–water partition coefficient (Wildman–Crippen LogP) is 2.16. The third-order valence-electron chi connectivity index (χ3n) is 5.00. The first-order chi connectivity index (χ1) is 12.9. The number of nitriles is 1. The molecular weight excluding hydrogens is 340 g/mol. The number of hydrogen-bond donors (Lipinski definition) is 2. The number of imidazole rings is 1. The molecule has 142 valence electrons. The van der Waals surface area contributed by atoms with Crippen molar-refractivity contribution in [3.05, 3.63) is 35.8 Å². The van der Waals surface area contributed by atoms with Gasteiger partial charge in [0.1, 0.15) is 11.7 Å². The number of carbonyl (C=O) groups is 1. The van der Waals surface area contributed by atoms with E-state index in [9.17, 15) is 4.79 Å². The molecule has 27 heavy (non-hydrogen) atoms. The van der Waals surface area contributed by atoms with Crippen molar-refractivity contribution in [3.63, 3.8) is 0 Å². The van der Waals surface area contributed by atoms with Crippen LogP contribution in [-0.2, 0) is 10.2 Å². The zero-order chi connectivity index (χ0) is 19.4. The van der Waals surface area contributed by atoms with Gasteiger partial charge in [0.05, 0.1) is 18.3 Å². The number of rotatable bonds is 6. The standard InChI is InChI=1S/C20H26N6O/c1-14-18(25-19(24-14)16-8-4-5-9-23-16)20(2,3)13-22-12-17(27)26-10-6-7-15(26)11-21/h4-5,8-9,15,22H,6-7,10,12-13H2,1-3H3,(H,24,25)/t15-/m0/s1. The Hall–Kier alpha value is -2.72. The van der Waals surface area contributed by atoms with E-state index in [1.54, 1.807) is 11.1 Å². The van der Waals surface area contributed by atoms with E-state index in [-0.39, 0.29) is 23.9 Å². The third-order valence-corrected chi connectivity index (χ3v) is 5.00. The number of aromatic amines is 1. The molecule has 0 radical (unpaired) electrons. The Labute approximate surface area is 159 Å². The molecule has 2 aromatic heterocycles. The minimum Gasteiger partial charge on any atom is -0.341 e. The largest absolute Gasteiger partial charge is 0.341 e. The van der Waals surface area contributed by atoms with Crippen molar-refractivity contribution in [2.24, 2.45) is 0 Å². The lowest BCUT2D eigenvalue weighted by molar-refractivity contribution is -0.130. The highest BCUT2D eigenvalue weighted by Crippen LogP contribution is 2.26. The molecule has 0 aromatic carbocycles. The SMILES string of the molecule is Cc1[nH]c(-c2ccccn2)nc1C(C)(C)CNCC(=O)N1CCC[C@H]1C#N. The number of pyridine rings is 1. The second-order valence-corrected chi connectivity index (χ2v) is 7.64. The van der Waals surface area contributed by atoms with E-state index in [1.807, 2.05) is 25.1 Å². The number of hydrogen-bond acceptors (Lipinski definition) is 5. The van der Waals surface area contributed by atoms with Crippen LogP contribution >= 0.6 is 0 Å². The fourth-order valence-corrected chi connectivity index (χ4v) is 3.61. The van der Waals surface area contributed by atoms with Gasteiger partial charge in [0.15, 0.2) is 5.82 Å². The van der Waals surface area contributed by atoms with Crippen molar-refractivity contribution >= 4 is 5.91 Å². The smallest absolute Gasteiger partial charge is 0.237 e. The summed E-state index contributed by atoms with van der Waals surface area (Å²) >= 11 is 0. The first-order valence-electron chi connectivity index (χ1n) is 9.30. The van der Waals surface area contributed by atoms with Crippen molar-refractivity contribution in [3.8, 4) is 17.6 Å². The summed E-state index contributed by atoms with van der Waals surface area (Å²) in [6, 6.07) is 7.67. The molecule has 1 aliphatic heterocycles. The molecule has 1 aliphatic rings. The molecular formula is C20H26N6O. The molecule has 0 unspecified atom stereocenters. The van der Waals surface area contributed by atoms with Crippen LogP contribution in [0.1, 0.15) is 38.1 Å². The molecule has 1 fully saturated rings. The topological polar surface area (TPSA) is 97.7 Å². The third kappa shape index (κ3) is 4.17. The van der Waals surface area contributed by atoms with E-state index in [4.69, 9.17) is 10.2 Å². The molecule has 0 saturated carbocycles. The van der Waals surface area contributed by atoms with Gasteiger partial charge >= 0.3 is 0 Å². The lowest BCUT2D eigenvalue weighted by Gasteiger charge is -2.25. The van der Waals surface area contributed by atoms with Crippen molar-refractivity contribution in [1.82, 2.24) is 25.2 Å². The Morgan fingerprint density at radius 3 is 3.00 bits per heavy atom. The second kappa shape index (κ2) is 7.89. The molecule has 7 nitrogen and oxygen atoms in total. The van der Waals surface area contributed by atoms with Crippen LogP contribution in [0.5, 0.6) is 0 Å². The first kappa shape index (κ1) is 19.1. The number of aromatic nitrogens is 3. The average molecular weight is 366 g/mol. The summed E-state index contributed by atoms with van der Waals surface area (Å²) in [6.45, 7) is 7.72. The highest BCUT2D eigenvalue weighted by Gasteiger charge is 2.30. The molecule has 1 saturated heterocycles. The second-order valence-electron chi connectivity index (χ2n) is 7.64. The number of H-pyrrole nitrogens is 1. The van der Waals surface area contributed by atoms with Crippen molar-refractivity contribution in [2.45, 2.75) is 45.1 Å². The minimum absolute atomic E-state index is 0.0113. The Kier molecular flexibility index (Phi) is 5.57. The fourth-order valence-electron chi connectivity index (χ4n) is 3.61. The Balaban J connectivity index is 1.63. The van der Waals surface area contributed by atoms with Crippen molar-refractivity contribution in [2.75, 3.05) is 19.6 Å². The van der Waals surface area contributed by atoms with Gasteiger partial charge in [-0.2, -0.15) is 5.26 Å². The first-order valence-corrected chi connectivity index (χ1v) is 9.30. The quantitative estimate of drug-likeness (QED) is 0.816. The van der Waals surface area contributed by atoms with Gasteiger partial charge in [0.2, 0.25) is 5.91 Å². The van der Waals surface area contributed by atoms with Crippen molar-refractivity contribution < 1.29 is 4.79 Å². The zero-order valence-corrected chi connectivity index (χ0v) is 16.1. The number of carbonyl (C=O) groups excluding carboxylic acids is 1. The fraction of sp³-hybridized carbons (Fsp3) is 0.500. The van der Waals surface area contributed by atoms with E-state index in [0.29, 0.717) is 13.1 Å². The average Bonchev–Trinajstić information content (AvgIpc) is 3.29. The van der Waals surface area contributed by atoms with E-state index in [2.05, 4.69) is 35.2 Å². The summed E-state index contributed by atoms with van der Waals surface area (Å²) in [5, 5.41) is 12.4.